The average molecular weight is 320 g/mol. The minimum absolute atomic E-state index is 0.0294. The number of nitro groups is 1. The summed E-state index contributed by atoms with van der Waals surface area (Å²) in [6.07, 6.45) is 0. The molecule has 1 aromatic carbocycles. The van der Waals surface area contributed by atoms with Crippen molar-refractivity contribution in [1.82, 2.24) is 5.32 Å². The molecule has 10 nitrogen and oxygen atoms in total. The van der Waals surface area contributed by atoms with E-state index in [1.165, 1.54) is 24.3 Å². The van der Waals surface area contributed by atoms with Gasteiger partial charge in [-0.3, -0.25) is 29.9 Å². The van der Waals surface area contributed by atoms with Gasteiger partial charge in [0.2, 0.25) is 5.78 Å². The van der Waals surface area contributed by atoms with E-state index in [0.717, 1.165) is 0 Å². The third kappa shape index (κ3) is 3.31. The molecule has 0 radical (unpaired) electrons. The van der Waals surface area contributed by atoms with Crippen molar-refractivity contribution in [3.05, 3.63) is 34.4 Å². The molecule has 1 unspecified atom stereocenters. The molecular weight excluding hydrogens is 308 g/mol. The Morgan fingerprint density at radius 2 is 2.13 bits per heavy atom. The van der Waals surface area contributed by atoms with Crippen molar-refractivity contribution in [2.45, 2.75) is 6.92 Å². The second-order valence-corrected chi connectivity index (χ2v) is 4.39. The second-order valence-electron chi connectivity index (χ2n) is 4.39. The molecular formula is C13H12N4O6. The Morgan fingerprint density at radius 1 is 1.43 bits per heavy atom. The minimum Gasteiger partial charge on any atom is -0.465 e. The van der Waals surface area contributed by atoms with Gasteiger partial charge >= 0.3 is 5.97 Å². The molecule has 1 amide bonds. The van der Waals surface area contributed by atoms with Gasteiger partial charge in [0.1, 0.15) is 5.69 Å². The number of benzene rings is 1. The van der Waals surface area contributed by atoms with Crippen molar-refractivity contribution in [2.24, 2.45) is 11.0 Å². The Balaban J connectivity index is 2.27. The van der Waals surface area contributed by atoms with Crippen LogP contribution in [0, 0.1) is 16.0 Å². The highest BCUT2D eigenvalue weighted by molar-refractivity contribution is 6.53. The first kappa shape index (κ1) is 16.1. The number of hydrogen-bond acceptors (Lipinski definition) is 8. The van der Waals surface area contributed by atoms with Crippen molar-refractivity contribution in [2.75, 3.05) is 12.0 Å². The number of nitrogens with zero attached hydrogens (tertiary/aromatic N) is 2. The van der Waals surface area contributed by atoms with E-state index in [1.54, 1.807) is 6.92 Å². The van der Waals surface area contributed by atoms with Crippen LogP contribution in [-0.4, -0.2) is 35.0 Å². The highest BCUT2D eigenvalue weighted by Gasteiger charge is 2.44. The Kier molecular flexibility index (Phi) is 4.64. The number of ether oxygens (including phenoxy) is 1. The van der Waals surface area contributed by atoms with Gasteiger partial charge in [0.05, 0.1) is 11.5 Å². The summed E-state index contributed by atoms with van der Waals surface area (Å²) in [6.45, 7) is 1.58. The summed E-state index contributed by atoms with van der Waals surface area (Å²) >= 11 is 0. The van der Waals surface area contributed by atoms with Crippen molar-refractivity contribution < 1.29 is 24.0 Å². The predicted octanol–water partition coefficient (Wildman–Crippen LogP) is 0.198. The number of amides is 1. The number of carbonyl (C=O) groups excluding carboxylic acids is 3. The number of Topliss-reactive ketones (excluding diaryl/α,β-unsaturated/α-hetero) is 1. The SMILES string of the molecule is CCOC(=O)C1C(=O)C(=O)N/C1=N\Nc1ccccc1[N+](=O)[O-]. The summed E-state index contributed by atoms with van der Waals surface area (Å²) in [5, 5.41) is 16.8. The molecule has 0 spiro atoms. The zero-order valence-corrected chi connectivity index (χ0v) is 11.9. The lowest BCUT2D eigenvalue weighted by Crippen LogP contribution is -2.30. The molecule has 1 heterocycles. The standard InChI is InChI=1S/C13H12N4O6/c1-2-23-13(20)9-10(18)12(19)14-11(9)16-15-7-5-3-4-6-8(7)17(21)22/h3-6,9,15H,2H2,1H3,(H,14,16,19). The summed E-state index contributed by atoms with van der Waals surface area (Å²) < 4.78 is 4.72. The van der Waals surface area contributed by atoms with Crippen LogP contribution in [0.1, 0.15) is 6.92 Å². The van der Waals surface area contributed by atoms with Gasteiger partial charge in [-0.15, -0.1) is 0 Å². The fraction of sp³-hybridized carbons (Fsp3) is 0.231. The molecule has 0 aliphatic carbocycles. The van der Waals surface area contributed by atoms with E-state index in [1.807, 2.05) is 0 Å². The van der Waals surface area contributed by atoms with Gasteiger partial charge in [0, 0.05) is 6.07 Å². The first-order valence-electron chi connectivity index (χ1n) is 6.54. The molecule has 0 saturated carbocycles. The molecule has 120 valence electrons. The molecule has 1 fully saturated rings. The molecule has 1 atom stereocenters. The maximum atomic E-state index is 11.7. The maximum absolute atomic E-state index is 11.7. The second kappa shape index (κ2) is 6.64. The van der Waals surface area contributed by atoms with Crippen LogP contribution in [0.2, 0.25) is 0 Å². The van der Waals surface area contributed by atoms with E-state index >= 15 is 0 Å². The van der Waals surface area contributed by atoms with E-state index in [9.17, 15) is 24.5 Å². The predicted molar refractivity (Wildman–Crippen MR) is 77.4 cm³/mol. The van der Waals surface area contributed by atoms with E-state index in [4.69, 9.17) is 4.74 Å². The van der Waals surface area contributed by atoms with Crippen LogP contribution in [0.5, 0.6) is 0 Å². The van der Waals surface area contributed by atoms with Gasteiger partial charge in [-0.1, -0.05) is 12.1 Å². The number of anilines is 1. The summed E-state index contributed by atoms with van der Waals surface area (Å²) in [4.78, 5) is 45.1. The lowest BCUT2D eigenvalue weighted by atomic mass is 10.1. The number of rotatable bonds is 5. The van der Waals surface area contributed by atoms with Gasteiger partial charge in [-0.2, -0.15) is 5.10 Å². The number of ketones is 1. The van der Waals surface area contributed by atoms with Gasteiger partial charge in [-0.05, 0) is 13.0 Å². The fourth-order valence-corrected chi connectivity index (χ4v) is 1.89. The van der Waals surface area contributed by atoms with E-state index < -0.39 is 28.5 Å². The number of nitrogens with one attached hydrogen (secondary N) is 2. The lowest BCUT2D eigenvalue weighted by molar-refractivity contribution is -0.384. The van der Waals surface area contributed by atoms with Crippen LogP contribution >= 0.6 is 0 Å². The van der Waals surface area contributed by atoms with Crippen molar-refractivity contribution >= 4 is 34.9 Å². The Morgan fingerprint density at radius 3 is 2.78 bits per heavy atom. The van der Waals surface area contributed by atoms with Crippen LogP contribution in [0.25, 0.3) is 0 Å². The van der Waals surface area contributed by atoms with Crippen molar-refractivity contribution in [3.63, 3.8) is 0 Å². The van der Waals surface area contributed by atoms with Crippen LogP contribution in [0.3, 0.4) is 0 Å². The summed E-state index contributed by atoms with van der Waals surface area (Å²) in [5.41, 5.74) is 2.17. The Hall–Kier alpha value is -3.30. The number of hydrazone groups is 1. The third-order valence-corrected chi connectivity index (χ3v) is 2.92. The van der Waals surface area contributed by atoms with Crippen molar-refractivity contribution in [1.29, 1.82) is 0 Å². The van der Waals surface area contributed by atoms with Crippen LogP contribution in [0.4, 0.5) is 11.4 Å². The molecule has 10 heteroatoms. The lowest BCUT2D eigenvalue weighted by Gasteiger charge is -2.08. The smallest absolute Gasteiger partial charge is 0.324 e. The van der Waals surface area contributed by atoms with Crippen LogP contribution in [-0.2, 0) is 19.1 Å². The highest BCUT2D eigenvalue weighted by Crippen LogP contribution is 2.23. The van der Waals surface area contributed by atoms with Gasteiger partial charge in [0.25, 0.3) is 11.6 Å². The molecule has 2 N–H and O–H groups in total. The molecule has 1 saturated heterocycles. The van der Waals surface area contributed by atoms with E-state index in [2.05, 4.69) is 15.8 Å². The third-order valence-electron chi connectivity index (χ3n) is 2.92. The molecule has 2 rings (SSSR count). The quantitative estimate of drug-likeness (QED) is 0.259. The Labute approximate surface area is 129 Å². The highest BCUT2D eigenvalue weighted by atomic mass is 16.6. The topological polar surface area (TPSA) is 140 Å². The minimum atomic E-state index is -1.50. The molecule has 1 aromatic rings. The van der Waals surface area contributed by atoms with Crippen LogP contribution in [0.15, 0.2) is 29.4 Å². The summed E-state index contributed by atoms with van der Waals surface area (Å²) in [7, 11) is 0. The van der Waals surface area contributed by atoms with E-state index in [-0.39, 0.29) is 23.8 Å². The number of esters is 1. The number of amidine groups is 1. The number of hydrogen-bond donors (Lipinski definition) is 2. The summed E-state index contributed by atoms with van der Waals surface area (Å²) in [6, 6.07) is 5.65. The molecule has 1 aliphatic heterocycles. The monoisotopic (exact) mass is 320 g/mol. The zero-order valence-electron chi connectivity index (χ0n) is 11.9. The van der Waals surface area contributed by atoms with Gasteiger partial charge in [0.15, 0.2) is 11.8 Å². The maximum Gasteiger partial charge on any atom is 0.324 e. The van der Waals surface area contributed by atoms with E-state index in [0.29, 0.717) is 0 Å². The van der Waals surface area contributed by atoms with Gasteiger partial charge < -0.3 is 10.1 Å². The van der Waals surface area contributed by atoms with Crippen molar-refractivity contribution in [3.8, 4) is 0 Å². The average Bonchev–Trinajstić information content (AvgIpc) is 2.80. The van der Waals surface area contributed by atoms with Crippen LogP contribution < -0.4 is 10.7 Å². The first-order chi connectivity index (χ1) is 11.0. The summed E-state index contributed by atoms with van der Waals surface area (Å²) in [5.74, 6) is -4.67. The Bertz CT molecular complexity index is 714. The van der Waals surface area contributed by atoms with Gasteiger partial charge in [-0.25, -0.2) is 0 Å². The molecule has 1 aliphatic rings. The number of nitro benzene ring substituents is 1. The molecule has 0 bridgehead atoms. The zero-order chi connectivity index (χ0) is 17.0. The fourth-order valence-electron chi connectivity index (χ4n) is 1.89. The molecule has 23 heavy (non-hydrogen) atoms. The largest absolute Gasteiger partial charge is 0.465 e. The first-order valence-corrected chi connectivity index (χ1v) is 6.54. The normalized spacial score (nSPS) is 18.7. The number of para-hydroxylation sites is 2. The number of carbonyl (C=O) groups is 3. The molecule has 0 aromatic heterocycles.